The van der Waals surface area contributed by atoms with E-state index in [1.54, 1.807) is 30.2 Å². The number of aliphatic hydroxyl groups excluding tert-OH is 1. The van der Waals surface area contributed by atoms with Crippen LogP contribution in [0.4, 0.5) is 0 Å². The Morgan fingerprint density at radius 1 is 1.13 bits per heavy atom. The van der Waals surface area contributed by atoms with Crippen LogP contribution in [-0.2, 0) is 9.59 Å². The van der Waals surface area contributed by atoms with E-state index in [1.165, 1.54) is 0 Å². The largest absolute Gasteiger partial charge is 0.507 e. The van der Waals surface area contributed by atoms with Gasteiger partial charge in [0.15, 0.2) is 0 Å². The third-order valence-electron chi connectivity index (χ3n) is 5.28. The first kappa shape index (κ1) is 21.6. The normalized spacial score (nSPS) is 18.3. The summed E-state index contributed by atoms with van der Waals surface area (Å²) in [5.41, 5.74) is 2.40. The van der Waals surface area contributed by atoms with Gasteiger partial charge in [-0.3, -0.25) is 9.59 Å². The number of carbonyl (C=O) groups excluding carboxylic acids is 2. The van der Waals surface area contributed by atoms with Gasteiger partial charge < -0.3 is 19.6 Å². The molecule has 1 aliphatic rings. The minimum absolute atomic E-state index is 0.113. The summed E-state index contributed by atoms with van der Waals surface area (Å²) < 4.78 is 5.34. The highest BCUT2D eigenvalue weighted by molar-refractivity contribution is 6.46. The van der Waals surface area contributed by atoms with Gasteiger partial charge in [-0.2, -0.15) is 0 Å². The van der Waals surface area contributed by atoms with Gasteiger partial charge in [0.2, 0.25) is 0 Å². The molecule has 3 rings (SSSR count). The van der Waals surface area contributed by atoms with Crippen LogP contribution in [0.1, 0.15) is 29.2 Å². The zero-order valence-electron chi connectivity index (χ0n) is 17.9. The maximum Gasteiger partial charge on any atom is 0.295 e. The van der Waals surface area contributed by atoms with Crippen LogP contribution in [0.2, 0.25) is 0 Å². The first-order valence-electron chi connectivity index (χ1n) is 9.97. The van der Waals surface area contributed by atoms with Crippen molar-refractivity contribution in [3.8, 4) is 5.75 Å². The monoisotopic (exact) mass is 408 g/mol. The van der Waals surface area contributed by atoms with Gasteiger partial charge in [0.05, 0.1) is 18.7 Å². The number of methoxy groups -OCH3 is 1. The van der Waals surface area contributed by atoms with Crippen molar-refractivity contribution in [2.24, 2.45) is 0 Å². The number of Topliss-reactive ketones (excluding diaryl/α,β-unsaturated/α-hetero) is 1. The standard InChI is InChI=1S/C24H28N2O4/c1-16-9-11-17(12-10-16)22(27)20-21(18-7-5-8-19(15-18)30-4)26(24(29)23(20)28)14-6-13-25(2)3/h5,7-12,15,21,27H,6,13-14H2,1-4H3/b22-20-. The van der Waals surface area contributed by atoms with E-state index in [2.05, 4.69) is 0 Å². The van der Waals surface area contributed by atoms with E-state index in [9.17, 15) is 14.7 Å². The quantitative estimate of drug-likeness (QED) is 0.432. The smallest absolute Gasteiger partial charge is 0.295 e. The third-order valence-corrected chi connectivity index (χ3v) is 5.28. The molecule has 30 heavy (non-hydrogen) atoms. The van der Waals surface area contributed by atoms with Gasteiger partial charge in [0.1, 0.15) is 11.5 Å². The Morgan fingerprint density at radius 3 is 2.47 bits per heavy atom. The van der Waals surface area contributed by atoms with E-state index in [-0.39, 0.29) is 11.3 Å². The molecule has 0 saturated carbocycles. The Bertz CT molecular complexity index is 963. The highest BCUT2D eigenvalue weighted by Crippen LogP contribution is 2.40. The minimum atomic E-state index is -0.663. The Morgan fingerprint density at radius 2 is 1.83 bits per heavy atom. The molecule has 1 amide bonds. The molecule has 1 atom stereocenters. The van der Waals surface area contributed by atoms with Gasteiger partial charge >= 0.3 is 0 Å². The van der Waals surface area contributed by atoms with E-state index in [1.807, 2.05) is 56.3 Å². The number of benzene rings is 2. The van der Waals surface area contributed by atoms with Crippen molar-refractivity contribution in [2.45, 2.75) is 19.4 Å². The van der Waals surface area contributed by atoms with Gasteiger partial charge in [-0.1, -0.05) is 42.0 Å². The van der Waals surface area contributed by atoms with Gasteiger partial charge in [-0.25, -0.2) is 0 Å². The summed E-state index contributed by atoms with van der Waals surface area (Å²) in [5.74, 6) is -0.779. The summed E-state index contributed by atoms with van der Waals surface area (Å²) in [6.07, 6.45) is 0.713. The molecule has 0 aromatic heterocycles. The summed E-state index contributed by atoms with van der Waals surface area (Å²) in [7, 11) is 5.50. The van der Waals surface area contributed by atoms with E-state index in [0.29, 0.717) is 24.3 Å². The lowest BCUT2D eigenvalue weighted by Crippen LogP contribution is -2.32. The lowest BCUT2D eigenvalue weighted by atomic mass is 9.95. The molecule has 1 saturated heterocycles. The Labute approximate surface area is 177 Å². The molecule has 0 bridgehead atoms. The average molecular weight is 408 g/mol. The van der Waals surface area contributed by atoms with E-state index in [4.69, 9.17) is 4.74 Å². The molecule has 0 aliphatic carbocycles. The van der Waals surface area contributed by atoms with Crippen LogP contribution in [0.25, 0.3) is 5.76 Å². The minimum Gasteiger partial charge on any atom is -0.507 e. The number of hydrogen-bond acceptors (Lipinski definition) is 5. The number of hydrogen-bond donors (Lipinski definition) is 1. The third kappa shape index (κ3) is 4.39. The topological polar surface area (TPSA) is 70.1 Å². The number of carbonyl (C=O) groups is 2. The number of amides is 1. The van der Waals surface area contributed by atoms with Crippen molar-refractivity contribution >= 4 is 17.4 Å². The van der Waals surface area contributed by atoms with Crippen molar-refractivity contribution in [3.63, 3.8) is 0 Å². The van der Waals surface area contributed by atoms with Crippen molar-refractivity contribution in [3.05, 3.63) is 70.8 Å². The first-order chi connectivity index (χ1) is 14.3. The summed E-state index contributed by atoms with van der Waals surface area (Å²) in [6, 6.07) is 13.9. The molecule has 1 aliphatic heterocycles. The maximum atomic E-state index is 13.0. The molecule has 1 unspecified atom stereocenters. The predicted octanol–water partition coefficient (Wildman–Crippen LogP) is 3.38. The first-order valence-corrected chi connectivity index (χ1v) is 9.97. The zero-order valence-corrected chi connectivity index (χ0v) is 17.9. The Balaban J connectivity index is 2.10. The molecule has 158 valence electrons. The number of aliphatic hydroxyl groups is 1. The van der Waals surface area contributed by atoms with Crippen LogP contribution in [0.5, 0.6) is 5.75 Å². The van der Waals surface area contributed by atoms with Crippen LogP contribution >= 0.6 is 0 Å². The van der Waals surface area contributed by atoms with Crippen molar-refractivity contribution in [1.82, 2.24) is 9.80 Å². The molecule has 6 heteroatoms. The van der Waals surface area contributed by atoms with Gasteiger partial charge in [0.25, 0.3) is 11.7 Å². The molecule has 1 fully saturated rings. The molecular weight excluding hydrogens is 380 g/mol. The van der Waals surface area contributed by atoms with E-state index < -0.39 is 17.7 Å². The van der Waals surface area contributed by atoms with Crippen molar-refractivity contribution < 1.29 is 19.4 Å². The number of nitrogens with zero attached hydrogens (tertiary/aromatic N) is 2. The molecule has 2 aromatic carbocycles. The van der Waals surface area contributed by atoms with Crippen LogP contribution < -0.4 is 4.74 Å². The van der Waals surface area contributed by atoms with Gasteiger partial charge in [0, 0.05) is 12.1 Å². The molecule has 2 aromatic rings. The molecule has 1 heterocycles. The maximum absolute atomic E-state index is 13.0. The van der Waals surface area contributed by atoms with Crippen molar-refractivity contribution in [2.75, 3.05) is 34.3 Å². The van der Waals surface area contributed by atoms with Crippen LogP contribution in [-0.4, -0.2) is 60.9 Å². The number of ketones is 1. The lowest BCUT2D eigenvalue weighted by Gasteiger charge is -2.26. The second-order valence-electron chi connectivity index (χ2n) is 7.79. The van der Waals surface area contributed by atoms with Crippen LogP contribution in [0, 0.1) is 6.92 Å². The fourth-order valence-electron chi connectivity index (χ4n) is 3.69. The Hall–Kier alpha value is -3.12. The molecule has 0 radical (unpaired) electrons. The summed E-state index contributed by atoms with van der Waals surface area (Å²) >= 11 is 0. The second-order valence-corrected chi connectivity index (χ2v) is 7.79. The summed E-state index contributed by atoms with van der Waals surface area (Å²) in [5, 5.41) is 11.0. The molecule has 1 N–H and O–H groups in total. The number of likely N-dealkylation sites (tertiary alicyclic amines) is 1. The average Bonchev–Trinajstić information content (AvgIpc) is 2.98. The highest BCUT2D eigenvalue weighted by atomic mass is 16.5. The highest BCUT2D eigenvalue weighted by Gasteiger charge is 2.45. The fraction of sp³-hybridized carbons (Fsp3) is 0.333. The molecule has 6 nitrogen and oxygen atoms in total. The predicted molar refractivity (Wildman–Crippen MR) is 116 cm³/mol. The van der Waals surface area contributed by atoms with Crippen LogP contribution in [0.15, 0.2) is 54.1 Å². The lowest BCUT2D eigenvalue weighted by molar-refractivity contribution is -0.139. The zero-order chi connectivity index (χ0) is 21.8. The molecular formula is C24H28N2O4. The molecule has 0 spiro atoms. The van der Waals surface area contributed by atoms with Gasteiger partial charge in [-0.15, -0.1) is 0 Å². The van der Waals surface area contributed by atoms with Crippen LogP contribution in [0.3, 0.4) is 0 Å². The Kier molecular flexibility index (Phi) is 6.57. The van der Waals surface area contributed by atoms with E-state index >= 15 is 0 Å². The second kappa shape index (κ2) is 9.13. The summed E-state index contributed by atoms with van der Waals surface area (Å²) in [4.78, 5) is 29.5. The SMILES string of the molecule is COc1cccc(C2/C(=C(/O)c3ccc(C)cc3)C(=O)C(=O)N2CCCN(C)C)c1. The number of aryl methyl sites for hydroxylation is 1. The van der Waals surface area contributed by atoms with Gasteiger partial charge in [-0.05, 0) is 51.7 Å². The number of rotatable bonds is 7. The fourth-order valence-corrected chi connectivity index (χ4v) is 3.69. The summed E-state index contributed by atoms with van der Waals surface area (Å²) in [6.45, 7) is 3.14. The van der Waals surface area contributed by atoms with E-state index in [0.717, 1.165) is 17.7 Å². The number of ether oxygens (including phenoxy) is 1. The van der Waals surface area contributed by atoms with Crippen molar-refractivity contribution in [1.29, 1.82) is 0 Å².